The number of benzene rings is 3. The van der Waals surface area contributed by atoms with Crippen molar-refractivity contribution in [2.45, 2.75) is 25.9 Å². The van der Waals surface area contributed by atoms with Crippen molar-refractivity contribution < 1.29 is 18.7 Å². The number of piperidine rings is 1. The highest BCUT2D eigenvalue weighted by Gasteiger charge is 2.26. The molecule has 7 nitrogen and oxygen atoms in total. The Kier molecular flexibility index (Phi) is 7.53. The number of hydrogen-bond acceptors (Lipinski definition) is 5. The lowest BCUT2D eigenvalue weighted by Gasteiger charge is -2.31. The van der Waals surface area contributed by atoms with Gasteiger partial charge in [0.2, 0.25) is 6.79 Å². The summed E-state index contributed by atoms with van der Waals surface area (Å²) in [6.45, 7) is 3.46. The third kappa shape index (κ3) is 4.93. The molecule has 0 saturated carbocycles. The van der Waals surface area contributed by atoms with Crippen LogP contribution in [0.3, 0.4) is 0 Å². The van der Waals surface area contributed by atoms with Crippen LogP contribution in [0.25, 0.3) is 11.0 Å². The van der Waals surface area contributed by atoms with Crippen molar-refractivity contribution in [3.8, 4) is 11.5 Å². The number of hydrogen-bond donors (Lipinski definition) is 0. The van der Waals surface area contributed by atoms with E-state index >= 15 is 0 Å². The van der Waals surface area contributed by atoms with E-state index in [4.69, 9.17) is 9.47 Å². The molecule has 3 heterocycles. The van der Waals surface area contributed by atoms with Gasteiger partial charge in [-0.15, -0.1) is 12.4 Å². The number of halogens is 2. The average molecular weight is 538 g/mol. The van der Waals surface area contributed by atoms with Crippen LogP contribution in [-0.2, 0) is 13.1 Å². The van der Waals surface area contributed by atoms with Gasteiger partial charge in [0.25, 0.3) is 0 Å². The molecule has 0 atom stereocenters. The summed E-state index contributed by atoms with van der Waals surface area (Å²) in [5, 5.41) is 0. The minimum absolute atomic E-state index is 0. The number of rotatable bonds is 7. The minimum Gasteiger partial charge on any atom is -0.454 e. The van der Waals surface area contributed by atoms with Crippen LogP contribution in [0.15, 0.2) is 71.5 Å². The number of nitrogens with zero attached hydrogens (tertiary/aromatic N) is 3. The van der Waals surface area contributed by atoms with Crippen molar-refractivity contribution >= 4 is 29.2 Å². The van der Waals surface area contributed by atoms with E-state index in [0.717, 1.165) is 49.1 Å². The molecule has 0 radical (unpaired) electrons. The second kappa shape index (κ2) is 11.0. The Balaban J connectivity index is 0.00000294. The van der Waals surface area contributed by atoms with Gasteiger partial charge < -0.3 is 14.4 Å². The molecule has 1 fully saturated rings. The first kappa shape index (κ1) is 26.0. The molecule has 1 aromatic heterocycles. The highest BCUT2D eigenvalue weighted by atomic mass is 35.5. The number of carbonyl (C=O) groups excluding carboxylic acids is 1. The average Bonchev–Trinajstić information content (AvgIpc) is 3.51. The van der Waals surface area contributed by atoms with Gasteiger partial charge in [0, 0.05) is 30.1 Å². The van der Waals surface area contributed by atoms with Crippen molar-refractivity contribution in [1.29, 1.82) is 0 Å². The first-order valence-electron chi connectivity index (χ1n) is 12.7. The van der Waals surface area contributed by atoms with E-state index in [2.05, 4.69) is 4.90 Å². The van der Waals surface area contributed by atoms with Gasteiger partial charge in [-0.1, -0.05) is 24.3 Å². The molecule has 9 heteroatoms. The van der Waals surface area contributed by atoms with E-state index in [-0.39, 0.29) is 42.4 Å². The maximum atomic E-state index is 13.6. The monoisotopic (exact) mass is 537 g/mol. The predicted molar refractivity (Wildman–Crippen MR) is 145 cm³/mol. The number of ketones is 1. The SMILES string of the molecule is Cl.O=C(c1ccc(F)cc1)C1CCN(CCn2c(=O)n(Cc3cccc4c3OCO4)c3ccccc32)CC1. The zero-order valence-electron chi connectivity index (χ0n) is 20.8. The molecular formula is C29H29ClFN3O4. The van der Waals surface area contributed by atoms with Gasteiger partial charge in [-0.05, 0) is 68.4 Å². The van der Waals surface area contributed by atoms with Crippen LogP contribution in [0, 0.1) is 11.7 Å². The van der Waals surface area contributed by atoms with Gasteiger partial charge >= 0.3 is 5.69 Å². The van der Waals surface area contributed by atoms with Crippen LogP contribution in [0.2, 0.25) is 0 Å². The van der Waals surface area contributed by atoms with Crippen molar-refractivity contribution in [2.75, 3.05) is 26.4 Å². The van der Waals surface area contributed by atoms with E-state index in [0.29, 0.717) is 30.2 Å². The Morgan fingerprint density at radius 1 is 0.868 bits per heavy atom. The second-order valence-electron chi connectivity index (χ2n) is 9.65. The Morgan fingerprint density at radius 3 is 2.32 bits per heavy atom. The number of carbonyl (C=O) groups is 1. The van der Waals surface area contributed by atoms with Crippen molar-refractivity contribution in [2.24, 2.45) is 5.92 Å². The standard InChI is InChI=1S/C29H28FN3O4.ClH/c30-23-10-8-20(9-11-23)27(34)21-12-14-31(15-13-21)16-17-32-24-5-1-2-6-25(24)33(29(32)35)18-22-4-3-7-26-28(22)37-19-36-26;/h1-11,21H,12-19H2;1H. The number of fused-ring (bicyclic) bond motifs is 2. The molecule has 0 bridgehead atoms. The van der Waals surface area contributed by atoms with Gasteiger partial charge in [0.15, 0.2) is 17.3 Å². The molecule has 38 heavy (non-hydrogen) atoms. The molecule has 6 rings (SSSR count). The number of para-hydroxylation sites is 3. The van der Waals surface area contributed by atoms with Crippen LogP contribution in [0.1, 0.15) is 28.8 Å². The fourth-order valence-electron chi connectivity index (χ4n) is 5.44. The normalized spacial score (nSPS) is 15.5. The van der Waals surface area contributed by atoms with E-state index in [1.165, 1.54) is 12.1 Å². The summed E-state index contributed by atoms with van der Waals surface area (Å²) < 4.78 is 28.0. The van der Waals surface area contributed by atoms with Crippen molar-refractivity contribution in [3.63, 3.8) is 0 Å². The molecule has 1 saturated heterocycles. The Hall–Kier alpha value is -3.62. The van der Waals surface area contributed by atoms with Gasteiger partial charge in [-0.3, -0.25) is 13.9 Å². The van der Waals surface area contributed by atoms with E-state index < -0.39 is 0 Å². The van der Waals surface area contributed by atoms with Crippen molar-refractivity contribution in [1.82, 2.24) is 14.0 Å². The van der Waals surface area contributed by atoms with Crippen LogP contribution in [0.4, 0.5) is 4.39 Å². The summed E-state index contributed by atoms with van der Waals surface area (Å²) in [5.41, 5.74) is 3.21. The molecule has 3 aromatic carbocycles. The van der Waals surface area contributed by atoms with Crippen LogP contribution < -0.4 is 15.2 Å². The van der Waals surface area contributed by atoms with Gasteiger partial charge in [-0.2, -0.15) is 0 Å². The molecule has 198 valence electrons. The fourth-order valence-corrected chi connectivity index (χ4v) is 5.44. The number of aromatic nitrogens is 2. The maximum absolute atomic E-state index is 13.6. The predicted octanol–water partition coefficient (Wildman–Crippen LogP) is 4.74. The second-order valence-corrected chi connectivity index (χ2v) is 9.65. The summed E-state index contributed by atoms with van der Waals surface area (Å²) in [5.74, 6) is 1.10. The number of likely N-dealkylation sites (tertiary alicyclic amines) is 1. The van der Waals surface area contributed by atoms with Crippen LogP contribution in [0.5, 0.6) is 11.5 Å². The Morgan fingerprint density at radius 2 is 1.58 bits per heavy atom. The zero-order chi connectivity index (χ0) is 25.4. The lowest BCUT2D eigenvalue weighted by molar-refractivity contribution is 0.0837. The van der Waals surface area contributed by atoms with Crippen molar-refractivity contribution in [3.05, 3.63) is 94.2 Å². The van der Waals surface area contributed by atoms with Gasteiger partial charge in [0.1, 0.15) is 5.82 Å². The largest absolute Gasteiger partial charge is 0.454 e. The molecule has 4 aromatic rings. The van der Waals surface area contributed by atoms with E-state index in [9.17, 15) is 14.0 Å². The summed E-state index contributed by atoms with van der Waals surface area (Å²) in [6, 6.07) is 19.4. The lowest BCUT2D eigenvalue weighted by atomic mass is 9.89. The number of imidazole rings is 1. The quantitative estimate of drug-likeness (QED) is 0.319. The van der Waals surface area contributed by atoms with E-state index in [1.807, 2.05) is 47.0 Å². The molecule has 2 aliphatic rings. The fraction of sp³-hybridized carbons (Fsp3) is 0.310. The summed E-state index contributed by atoms with van der Waals surface area (Å²) >= 11 is 0. The van der Waals surface area contributed by atoms with E-state index in [1.54, 1.807) is 16.7 Å². The minimum atomic E-state index is -0.335. The Bertz CT molecular complexity index is 1510. The molecule has 0 unspecified atom stereocenters. The summed E-state index contributed by atoms with van der Waals surface area (Å²) in [6.07, 6.45) is 1.52. The number of Topliss-reactive ketones (excluding diaryl/α,β-unsaturated/α-hetero) is 1. The lowest BCUT2D eigenvalue weighted by Crippen LogP contribution is -2.39. The third-order valence-corrected chi connectivity index (χ3v) is 7.46. The highest BCUT2D eigenvalue weighted by Crippen LogP contribution is 2.36. The first-order valence-corrected chi connectivity index (χ1v) is 12.7. The summed E-state index contributed by atoms with van der Waals surface area (Å²) in [4.78, 5) is 28.7. The molecular weight excluding hydrogens is 509 g/mol. The highest BCUT2D eigenvalue weighted by molar-refractivity contribution is 5.97. The number of ether oxygens (including phenoxy) is 2. The molecule has 0 N–H and O–H groups in total. The topological polar surface area (TPSA) is 65.7 Å². The van der Waals surface area contributed by atoms with Crippen LogP contribution in [-0.4, -0.2) is 46.2 Å². The zero-order valence-corrected chi connectivity index (χ0v) is 21.7. The van der Waals surface area contributed by atoms with Crippen LogP contribution >= 0.6 is 12.4 Å². The van der Waals surface area contributed by atoms with Gasteiger partial charge in [-0.25, -0.2) is 9.18 Å². The molecule has 2 aliphatic heterocycles. The molecule has 0 spiro atoms. The molecule has 0 amide bonds. The smallest absolute Gasteiger partial charge is 0.329 e. The molecule has 0 aliphatic carbocycles. The van der Waals surface area contributed by atoms with Gasteiger partial charge in [0.05, 0.1) is 17.6 Å². The summed E-state index contributed by atoms with van der Waals surface area (Å²) in [7, 11) is 0. The first-order chi connectivity index (χ1) is 18.1. The Labute approximate surface area is 225 Å². The third-order valence-electron chi connectivity index (χ3n) is 7.46. The maximum Gasteiger partial charge on any atom is 0.329 e.